The fourth-order valence-corrected chi connectivity index (χ4v) is 4.16. The van der Waals surface area contributed by atoms with Crippen molar-refractivity contribution < 1.29 is 5.11 Å². The zero-order valence-electron chi connectivity index (χ0n) is 18.2. The van der Waals surface area contributed by atoms with Crippen LogP contribution in [0.3, 0.4) is 0 Å². The second-order valence-electron chi connectivity index (χ2n) is 8.63. The summed E-state index contributed by atoms with van der Waals surface area (Å²) in [6, 6.07) is 27.7. The molecule has 0 aromatic heterocycles. The number of nitriles is 1. The van der Waals surface area contributed by atoms with Crippen LogP contribution in [0.15, 0.2) is 78.9 Å². The number of aliphatic hydroxyl groups is 1. The van der Waals surface area contributed by atoms with Gasteiger partial charge in [-0.2, -0.15) is 5.26 Å². The number of rotatable bonds is 8. The van der Waals surface area contributed by atoms with Crippen LogP contribution in [0.5, 0.6) is 0 Å². The summed E-state index contributed by atoms with van der Waals surface area (Å²) in [6.07, 6.45) is 0.785. The third-order valence-electron chi connectivity index (χ3n) is 5.69. The number of hydrogen-bond donors (Lipinski definition) is 2. The Hall–Kier alpha value is -2.64. The lowest BCUT2D eigenvalue weighted by Crippen LogP contribution is -2.45. The maximum absolute atomic E-state index is 10.9. The normalized spacial score (nSPS) is 14.5. The molecule has 3 nitrogen and oxygen atoms in total. The van der Waals surface area contributed by atoms with E-state index in [0.29, 0.717) is 10.6 Å². The van der Waals surface area contributed by atoms with Crippen LogP contribution in [0.25, 0.3) is 0 Å². The first-order valence-corrected chi connectivity index (χ1v) is 10.9. The maximum atomic E-state index is 10.9. The van der Waals surface area contributed by atoms with E-state index in [2.05, 4.69) is 24.4 Å². The van der Waals surface area contributed by atoms with Gasteiger partial charge in [0.25, 0.3) is 0 Å². The molecular formula is C27H29ClN2O. The molecular weight excluding hydrogens is 404 g/mol. The topological polar surface area (TPSA) is 56.0 Å². The predicted octanol–water partition coefficient (Wildman–Crippen LogP) is 6.03. The smallest absolute Gasteiger partial charge is 0.0991 e. The molecule has 4 heteroatoms. The zero-order valence-corrected chi connectivity index (χ0v) is 19.0. The molecule has 31 heavy (non-hydrogen) atoms. The summed E-state index contributed by atoms with van der Waals surface area (Å²) in [5, 5.41) is 24.7. The van der Waals surface area contributed by atoms with Gasteiger partial charge < -0.3 is 10.4 Å². The minimum Gasteiger partial charge on any atom is -0.388 e. The minimum absolute atomic E-state index is 0.0289. The Labute approximate surface area is 190 Å². The fourth-order valence-electron chi connectivity index (χ4n) is 4.03. The van der Waals surface area contributed by atoms with Crippen LogP contribution in [0, 0.1) is 11.3 Å². The molecule has 0 fully saturated rings. The van der Waals surface area contributed by atoms with E-state index in [1.54, 1.807) is 0 Å². The van der Waals surface area contributed by atoms with Gasteiger partial charge in [0.1, 0.15) is 0 Å². The third kappa shape index (κ3) is 6.18. The molecule has 0 radical (unpaired) electrons. The highest BCUT2D eigenvalue weighted by Gasteiger charge is 2.32. The number of nitrogens with zero attached hydrogens (tertiary/aromatic N) is 1. The van der Waals surface area contributed by atoms with Crippen molar-refractivity contribution in [2.75, 3.05) is 0 Å². The van der Waals surface area contributed by atoms with Crippen molar-refractivity contribution in [2.45, 2.75) is 50.8 Å². The predicted molar refractivity (Wildman–Crippen MR) is 127 cm³/mol. The Bertz CT molecular complexity index is 1020. The van der Waals surface area contributed by atoms with Crippen molar-refractivity contribution >= 4 is 11.6 Å². The van der Waals surface area contributed by atoms with Crippen molar-refractivity contribution in [3.63, 3.8) is 0 Å². The van der Waals surface area contributed by atoms with Gasteiger partial charge in [-0.3, -0.25) is 0 Å². The van der Waals surface area contributed by atoms with Gasteiger partial charge in [0, 0.05) is 17.0 Å². The maximum Gasteiger partial charge on any atom is 0.0991 e. The van der Waals surface area contributed by atoms with Gasteiger partial charge in [-0.15, -0.1) is 0 Å². The van der Waals surface area contributed by atoms with Crippen molar-refractivity contribution in [3.8, 4) is 6.07 Å². The van der Waals surface area contributed by atoms with Gasteiger partial charge >= 0.3 is 0 Å². The monoisotopic (exact) mass is 432 g/mol. The Balaban J connectivity index is 1.94. The SMILES string of the molecule is CC(N[C@@H](c1ccccc1)C(C)(C)O)C(Cc1ccc(Cl)cc1)c1cccc(C#N)c1. The van der Waals surface area contributed by atoms with Gasteiger partial charge in [-0.25, -0.2) is 0 Å². The molecule has 2 N–H and O–H groups in total. The van der Waals surface area contributed by atoms with E-state index < -0.39 is 5.60 Å². The molecule has 2 unspecified atom stereocenters. The van der Waals surface area contributed by atoms with Crippen LogP contribution in [-0.2, 0) is 6.42 Å². The highest BCUT2D eigenvalue weighted by Crippen LogP contribution is 2.31. The molecule has 0 bridgehead atoms. The zero-order chi connectivity index (χ0) is 22.4. The molecule has 0 amide bonds. The fraction of sp³-hybridized carbons (Fsp3) is 0.296. The quantitative estimate of drug-likeness (QED) is 0.457. The molecule has 0 saturated heterocycles. The molecule has 3 aromatic rings. The number of halogens is 1. The van der Waals surface area contributed by atoms with Crippen molar-refractivity contribution in [1.29, 1.82) is 5.26 Å². The van der Waals surface area contributed by atoms with E-state index in [0.717, 1.165) is 17.5 Å². The van der Waals surface area contributed by atoms with E-state index in [9.17, 15) is 10.4 Å². The first kappa shape index (κ1) is 23.0. The van der Waals surface area contributed by atoms with Gasteiger partial charge in [0.2, 0.25) is 0 Å². The van der Waals surface area contributed by atoms with Crippen molar-refractivity contribution in [2.24, 2.45) is 0 Å². The number of nitrogens with one attached hydrogen (secondary N) is 1. The van der Waals surface area contributed by atoms with Crippen molar-refractivity contribution in [1.82, 2.24) is 5.32 Å². The molecule has 0 heterocycles. The standard InChI is InChI=1S/C27H29ClN2O/c1-19(30-26(27(2,3)31)22-9-5-4-6-10-22)25(17-20-12-14-24(28)15-13-20)23-11-7-8-21(16-23)18-29/h4-16,19,25-26,30-31H,17H2,1-3H3/t19?,25?,26-/m0/s1. The lowest BCUT2D eigenvalue weighted by molar-refractivity contribution is 0.0316. The molecule has 0 saturated carbocycles. The highest BCUT2D eigenvalue weighted by molar-refractivity contribution is 6.30. The molecule has 0 aliphatic heterocycles. The van der Waals surface area contributed by atoms with E-state index in [1.165, 1.54) is 5.56 Å². The molecule has 0 aliphatic carbocycles. The molecule has 0 spiro atoms. The van der Waals surface area contributed by atoms with Gasteiger partial charge in [-0.1, -0.05) is 66.2 Å². The summed E-state index contributed by atoms with van der Waals surface area (Å²) in [4.78, 5) is 0. The molecule has 0 aliphatic rings. The Morgan fingerprint density at radius 1 is 0.968 bits per heavy atom. The van der Waals surface area contributed by atoms with Crippen molar-refractivity contribution in [3.05, 3.63) is 106 Å². The molecule has 3 atom stereocenters. The van der Waals surface area contributed by atoms with E-state index >= 15 is 0 Å². The van der Waals surface area contributed by atoms with Crippen LogP contribution in [0.1, 0.15) is 55.0 Å². The summed E-state index contributed by atoms with van der Waals surface area (Å²) in [5.74, 6) is 0.100. The largest absolute Gasteiger partial charge is 0.388 e. The Kier molecular flexibility index (Phi) is 7.51. The van der Waals surface area contributed by atoms with E-state index in [-0.39, 0.29) is 18.0 Å². The summed E-state index contributed by atoms with van der Waals surface area (Å²) >= 11 is 6.08. The Morgan fingerprint density at radius 2 is 1.61 bits per heavy atom. The molecule has 3 aromatic carbocycles. The van der Waals surface area contributed by atoms with Gasteiger partial charge in [0.05, 0.1) is 23.3 Å². The Morgan fingerprint density at radius 3 is 2.23 bits per heavy atom. The first-order chi connectivity index (χ1) is 14.8. The highest BCUT2D eigenvalue weighted by atomic mass is 35.5. The minimum atomic E-state index is -0.949. The number of hydrogen-bond acceptors (Lipinski definition) is 3. The lowest BCUT2D eigenvalue weighted by atomic mass is 9.83. The average molecular weight is 433 g/mol. The first-order valence-electron chi connectivity index (χ1n) is 10.6. The summed E-state index contributed by atoms with van der Waals surface area (Å²) in [5.41, 5.74) is 3.00. The van der Waals surface area contributed by atoms with Crippen LogP contribution >= 0.6 is 11.6 Å². The van der Waals surface area contributed by atoms with E-state index in [1.807, 2.05) is 86.6 Å². The summed E-state index contributed by atoms with van der Waals surface area (Å²) < 4.78 is 0. The van der Waals surface area contributed by atoms with Gasteiger partial charge in [0.15, 0.2) is 0 Å². The third-order valence-corrected chi connectivity index (χ3v) is 5.94. The molecule has 3 rings (SSSR count). The van der Waals surface area contributed by atoms with E-state index in [4.69, 9.17) is 11.6 Å². The second-order valence-corrected chi connectivity index (χ2v) is 9.06. The summed E-state index contributed by atoms with van der Waals surface area (Å²) in [7, 11) is 0. The van der Waals surface area contributed by atoms with Crippen LogP contribution < -0.4 is 5.32 Å². The lowest BCUT2D eigenvalue weighted by Gasteiger charge is -2.36. The second kappa shape index (κ2) is 10.1. The molecule has 160 valence electrons. The van der Waals surface area contributed by atoms with Crippen LogP contribution in [-0.4, -0.2) is 16.7 Å². The summed E-state index contributed by atoms with van der Waals surface area (Å²) in [6.45, 7) is 5.80. The number of benzene rings is 3. The van der Waals surface area contributed by atoms with Crippen LogP contribution in [0.2, 0.25) is 5.02 Å². The van der Waals surface area contributed by atoms with Crippen LogP contribution in [0.4, 0.5) is 0 Å². The average Bonchev–Trinajstić information content (AvgIpc) is 2.76. The van der Waals surface area contributed by atoms with Gasteiger partial charge in [-0.05, 0) is 68.1 Å².